The van der Waals surface area contributed by atoms with Gasteiger partial charge in [-0.3, -0.25) is 14.6 Å². The summed E-state index contributed by atoms with van der Waals surface area (Å²) >= 11 is 1.74. The topological polar surface area (TPSA) is 53.5 Å². The Hall–Kier alpha value is -2.21. The molecule has 2 aromatic rings. The molecular weight excluding hydrogens is 442 g/mol. The van der Waals surface area contributed by atoms with E-state index in [0.29, 0.717) is 18.4 Å². The second-order valence-electron chi connectivity index (χ2n) is 10.3. The van der Waals surface area contributed by atoms with Gasteiger partial charge in [0.05, 0.1) is 5.56 Å². The number of piperidine rings is 2. The number of fused-ring (bicyclic) bond motifs is 1. The summed E-state index contributed by atoms with van der Waals surface area (Å²) in [5, 5.41) is 2.08. The van der Waals surface area contributed by atoms with E-state index < -0.39 is 0 Å². The lowest BCUT2D eigenvalue weighted by atomic mass is 9.78. The second kappa shape index (κ2) is 11.0. The molecule has 1 aliphatic carbocycles. The molecule has 0 radical (unpaired) electrons. The smallest absolute Gasteiger partial charge is 0.254 e. The minimum absolute atomic E-state index is 0.250. The van der Waals surface area contributed by atoms with Gasteiger partial charge >= 0.3 is 0 Å². The number of pyridine rings is 1. The Kier molecular flexibility index (Phi) is 7.63. The Balaban J connectivity index is 1.11. The molecular formula is C28H37N3O2S. The van der Waals surface area contributed by atoms with Gasteiger partial charge < -0.3 is 9.80 Å². The summed E-state index contributed by atoms with van der Waals surface area (Å²) in [6, 6.07) is 8.57. The highest BCUT2D eigenvalue weighted by molar-refractivity contribution is 7.10. The Morgan fingerprint density at radius 2 is 1.82 bits per heavy atom. The largest absolute Gasteiger partial charge is 0.343 e. The van der Waals surface area contributed by atoms with E-state index in [1.807, 2.05) is 29.3 Å². The van der Waals surface area contributed by atoms with Gasteiger partial charge in [0, 0.05) is 54.2 Å². The number of amides is 2. The first-order chi connectivity index (χ1) is 16.7. The van der Waals surface area contributed by atoms with E-state index in [9.17, 15) is 9.59 Å². The lowest BCUT2D eigenvalue weighted by molar-refractivity contribution is -0.132. The van der Waals surface area contributed by atoms with E-state index in [1.54, 1.807) is 11.3 Å². The number of thiophene rings is 1. The van der Waals surface area contributed by atoms with E-state index in [-0.39, 0.29) is 11.8 Å². The monoisotopic (exact) mass is 479 g/mol. The highest BCUT2D eigenvalue weighted by Gasteiger charge is 2.36. The van der Waals surface area contributed by atoms with Gasteiger partial charge in [-0.1, -0.05) is 18.9 Å². The van der Waals surface area contributed by atoms with Gasteiger partial charge in [-0.2, -0.15) is 0 Å². The maximum Gasteiger partial charge on any atom is 0.254 e. The first-order valence-corrected chi connectivity index (χ1v) is 14.1. The van der Waals surface area contributed by atoms with E-state index in [4.69, 9.17) is 0 Å². The molecule has 2 saturated heterocycles. The molecule has 2 amide bonds. The summed E-state index contributed by atoms with van der Waals surface area (Å²) < 4.78 is 0. The lowest BCUT2D eigenvalue weighted by Crippen LogP contribution is -2.49. The van der Waals surface area contributed by atoms with Gasteiger partial charge in [0.15, 0.2) is 0 Å². The number of nitrogens with zero attached hydrogens (tertiary/aromatic N) is 3. The van der Waals surface area contributed by atoms with Crippen LogP contribution in [-0.4, -0.2) is 52.3 Å². The van der Waals surface area contributed by atoms with Crippen molar-refractivity contribution in [1.29, 1.82) is 0 Å². The molecule has 1 saturated carbocycles. The minimum Gasteiger partial charge on any atom is -0.343 e. The van der Waals surface area contributed by atoms with Crippen LogP contribution in [0, 0.1) is 5.92 Å². The Labute approximate surface area is 207 Å². The predicted molar refractivity (Wildman–Crippen MR) is 136 cm³/mol. The zero-order chi connectivity index (χ0) is 23.3. The summed E-state index contributed by atoms with van der Waals surface area (Å²) in [5.74, 6) is 1.70. The summed E-state index contributed by atoms with van der Waals surface area (Å²) in [7, 11) is 0. The molecule has 2 aliphatic heterocycles. The number of hydrogen-bond donors (Lipinski definition) is 0. The van der Waals surface area contributed by atoms with Crippen molar-refractivity contribution < 1.29 is 9.59 Å². The average Bonchev–Trinajstić information content (AvgIpc) is 3.39. The van der Waals surface area contributed by atoms with Gasteiger partial charge in [0.2, 0.25) is 5.91 Å². The molecule has 0 spiro atoms. The molecule has 3 aliphatic rings. The quantitative estimate of drug-likeness (QED) is 0.537. The molecule has 0 aromatic carbocycles. The van der Waals surface area contributed by atoms with Crippen LogP contribution in [0.2, 0.25) is 0 Å². The van der Waals surface area contributed by atoms with Crippen LogP contribution < -0.4 is 0 Å². The van der Waals surface area contributed by atoms with Gasteiger partial charge in [0.1, 0.15) is 0 Å². The normalized spacial score (nSPS) is 23.5. The van der Waals surface area contributed by atoms with Gasteiger partial charge in [-0.05, 0) is 81.4 Å². The fourth-order valence-corrected chi connectivity index (χ4v) is 7.32. The first kappa shape index (κ1) is 23.5. The number of carbonyl (C=O) groups is 2. The summed E-state index contributed by atoms with van der Waals surface area (Å²) in [6.07, 6.45) is 13.6. The molecule has 2 aromatic heterocycles. The van der Waals surface area contributed by atoms with Crippen molar-refractivity contribution in [2.24, 2.45) is 5.92 Å². The van der Waals surface area contributed by atoms with Crippen LogP contribution >= 0.6 is 11.3 Å². The van der Waals surface area contributed by atoms with Gasteiger partial charge in [0.25, 0.3) is 5.91 Å². The molecule has 0 N–H and O–H groups in total. The van der Waals surface area contributed by atoms with Crippen molar-refractivity contribution in [2.45, 2.75) is 82.6 Å². The molecule has 182 valence electrons. The molecule has 3 fully saturated rings. The molecule has 5 rings (SSSR count). The van der Waals surface area contributed by atoms with E-state index in [2.05, 4.69) is 21.3 Å². The van der Waals surface area contributed by atoms with Crippen molar-refractivity contribution in [3.63, 3.8) is 0 Å². The van der Waals surface area contributed by atoms with Crippen molar-refractivity contribution in [1.82, 2.24) is 14.8 Å². The number of aryl methyl sites for hydroxylation is 1. The highest BCUT2D eigenvalue weighted by atomic mass is 32.1. The molecule has 2 atom stereocenters. The molecule has 0 bridgehead atoms. The molecule has 4 heterocycles. The standard InChI is InChI=1S/C28H37N3O2S/c32-27(12-5-10-24-9-3-4-15-29-24)30-17-13-22(14-18-30)26-19-23(20-34-26)28(33)31-16-6-8-21-7-1-2-11-25(21)31/h3-4,9,15,19-22,25H,1-2,5-8,10-14,16-18H2. The third-order valence-electron chi connectivity index (χ3n) is 8.17. The third-order valence-corrected chi connectivity index (χ3v) is 9.27. The zero-order valence-electron chi connectivity index (χ0n) is 20.2. The highest BCUT2D eigenvalue weighted by Crippen LogP contribution is 2.37. The van der Waals surface area contributed by atoms with Crippen molar-refractivity contribution >= 4 is 23.2 Å². The fourth-order valence-electron chi connectivity index (χ4n) is 6.26. The van der Waals surface area contributed by atoms with Crippen LogP contribution in [0.5, 0.6) is 0 Å². The Morgan fingerprint density at radius 1 is 1.00 bits per heavy atom. The third kappa shape index (κ3) is 5.37. The minimum atomic E-state index is 0.250. The van der Waals surface area contributed by atoms with Crippen LogP contribution in [-0.2, 0) is 11.2 Å². The van der Waals surface area contributed by atoms with Crippen LogP contribution in [0.25, 0.3) is 0 Å². The zero-order valence-corrected chi connectivity index (χ0v) is 21.0. The molecule has 6 heteroatoms. The Bertz CT molecular complexity index is 965. The van der Waals surface area contributed by atoms with Crippen LogP contribution in [0.4, 0.5) is 0 Å². The number of rotatable bonds is 6. The van der Waals surface area contributed by atoms with E-state index >= 15 is 0 Å². The molecule has 5 nitrogen and oxygen atoms in total. The van der Waals surface area contributed by atoms with Crippen LogP contribution in [0.1, 0.15) is 91.1 Å². The van der Waals surface area contributed by atoms with Gasteiger partial charge in [-0.15, -0.1) is 11.3 Å². The van der Waals surface area contributed by atoms with Crippen LogP contribution in [0.15, 0.2) is 35.8 Å². The van der Waals surface area contributed by atoms with Crippen molar-refractivity contribution in [2.75, 3.05) is 19.6 Å². The predicted octanol–water partition coefficient (Wildman–Crippen LogP) is 5.67. The van der Waals surface area contributed by atoms with Crippen LogP contribution in [0.3, 0.4) is 0 Å². The summed E-state index contributed by atoms with van der Waals surface area (Å²) in [5.41, 5.74) is 1.94. The van der Waals surface area contributed by atoms with Gasteiger partial charge in [-0.25, -0.2) is 0 Å². The maximum absolute atomic E-state index is 13.4. The maximum atomic E-state index is 13.4. The number of carbonyl (C=O) groups excluding carboxylic acids is 2. The number of hydrogen-bond acceptors (Lipinski definition) is 4. The first-order valence-electron chi connectivity index (χ1n) is 13.3. The number of likely N-dealkylation sites (tertiary alicyclic amines) is 2. The van der Waals surface area contributed by atoms with E-state index in [0.717, 1.165) is 68.9 Å². The Morgan fingerprint density at radius 3 is 2.65 bits per heavy atom. The van der Waals surface area contributed by atoms with Crippen molar-refractivity contribution in [3.05, 3.63) is 52.0 Å². The van der Waals surface area contributed by atoms with Crippen molar-refractivity contribution in [3.8, 4) is 0 Å². The SMILES string of the molecule is O=C(CCCc1ccccn1)N1CCC(c2cc(C(=O)N3CCCC4CCCCC43)cs2)CC1. The lowest BCUT2D eigenvalue weighted by Gasteiger charge is -2.44. The summed E-state index contributed by atoms with van der Waals surface area (Å²) in [4.78, 5) is 35.9. The van der Waals surface area contributed by atoms with E-state index in [1.165, 1.54) is 37.0 Å². The fraction of sp³-hybridized carbons (Fsp3) is 0.607. The average molecular weight is 480 g/mol. The second-order valence-corrected chi connectivity index (χ2v) is 11.3. The number of aromatic nitrogens is 1. The molecule has 2 unspecified atom stereocenters. The summed E-state index contributed by atoms with van der Waals surface area (Å²) in [6.45, 7) is 2.57. The molecule has 34 heavy (non-hydrogen) atoms.